The average Bonchev–Trinajstić information content (AvgIpc) is 3.42. The van der Waals surface area contributed by atoms with Gasteiger partial charge in [-0.25, -0.2) is 0 Å². The van der Waals surface area contributed by atoms with Crippen molar-refractivity contribution in [2.45, 2.75) is 137 Å². The fraction of sp³-hybridized carbons (Fsp3) is 0.938. The van der Waals surface area contributed by atoms with Gasteiger partial charge < -0.3 is 14.6 Å². The molecule has 0 aromatic heterocycles. The van der Waals surface area contributed by atoms with E-state index in [4.69, 9.17) is 9.47 Å². The molecule has 7 atom stereocenters. The Morgan fingerprint density at radius 2 is 1.69 bits per heavy atom. The lowest BCUT2D eigenvalue weighted by atomic mass is 9.43. The van der Waals surface area contributed by atoms with Gasteiger partial charge in [-0.05, 0) is 85.9 Å². The van der Waals surface area contributed by atoms with Crippen LogP contribution < -0.4 is 0 Å². The van der Waals surface area contributed by atoms with Crippen LogP contribution in [0.5, 0.6) is 0 Å². The highest BCUT2D eigenvalue weighted by Crippen LogP contribution is 2.71. The molecule has 1 heterocycles. The second kappa shape index (κ2) is 9.42. The Kier molecular flexibility index (Phi) is 7.06. The standard InChI is InChI=1S/C32H54O3/c1-7-28(33)31-16-13-24-26-12-11-25(23(4)10-8-9-22(2)3)29(26,5)15-14-27(24)30(31,6)17-18-32(21-31)34-19-20-35-32/h22-23,25-26,28,33H,7-21H2,1-6H3/t23-,25-,26+,28?,29-,30-,31-/m1/s1. The number of hydrogen-bond donors (Lipinski definition) is 1. The molecule has 0 bridgehead atoms. The van der Waals surface area contributed by atoms with E-state index in [2.05, 4.69) is 41.5 Å². The van der Waals surface area contributed by atoms with Crippen molar-refractivity contribution in [3.63, 3.8) is 0 Å². The topological polar surface area (TPSA) is 38.7 Å². The summed E-state index contributed by atoms with van der Waals surface area (Å²) in [6, 6.07) is 0. The van der Waals surface area contributed by atoms with Crippen LogP contribution in [0.4, 0.5) is 0 Å². The molecule has 1 N–H and O–H groups in total. The van der Waals surface area contributed by atoms with Crippen molar-refractivity contribution in [2.24, 2.45) is 39.9 Å². The largest absolute Gasteiger partial charge is 0.393 e. The maximum Gasteiger partial charge on any atom is 0.169 e. The second-order valence-electron chi connectivity index (χ2n) is 14.2. The molecule has 4 aliphatic carbocycles. The van der Waals surface area contributed by atoms with Crippen LogP contribution in [0.25, 0.3) is 0 Å². The van der Waals surface area contributed by atoms with Crippen LogP contribution >= 0.6 is 0 Å². The summed E-state index contributed by atoms with van der Waals surface area (Å²) in [5, 5.41) is 11.6. The van der Waals surface area contributed by atoms with Crippen LogP contribution in [-0.4, -0.2) is 30.2 Å². The van der Waals surface area contributed by atoms with Crippen molar-refractivity contribution in [1.82, 2.24) is 0 Å². The Labute approximate surface area is 215 Å². The van der Waals surface area contributed by atoms with Gasteiger partial charge in [-0.1, -0.05) is 72.0 Å². The van der Waals surface area contributed by atoms with Gasteiger partial charge in [0.25, 0.3) is 0 Å². The minimum absolute atomic E-state index is 0.0822. The van der Waals surface area contributed by atoms with Gasteiger partial charge in [0.1, 0.15) is 0 Å². The van der Waals surface area contributed by atoms with E-state index in [1.807, 2.05) is 5.57 Å². The highest BCUT2D eigenvalue weighted by atomic mass is 16.7. The third kappa shape index (κ3) is 4.00. The van der Waals surface area contributed by atoms with Crippen molar-refractivity contribution in [2.75, 3.05) is 13.2 Å². The van der Waals surface area contributed by atoms with Crippen molar-refractivity contribution in [3.8, 4) is 0 Å². The summed E-state index contributed by atoms with van der Waals surface area (Å²) in [6.45, 7) is 16.1. The normalized spacial score (nSPS) is 42.2. The highest BCUT2D eigenvalue weighted by molar-refractivity contribution is 5.37. The zero-order chi connectivity index (χ0) is 25.1. The van der Waals surface area contributed by atoms with E-state index >= 15 is 0 Å². The molecular weight excluding hydrogens is 432 g/mol. The summed E-state index contributed by atoms with van der Waals surface area (Å²) < 4.78 is 12.5. The van der Waals surface area contributed by atoms with Crippen molar-refractivity contribution in [1.29, 1.82) is 0 Å². The molecule has 2 saturated carbocycles. The minimum atomic E-state index is -0.444. The van der Waals surface area contributed by atoms with Crippen molar-refractivity contribution in [3.05, 3.63) is 11.1 Å². The Bertz CT molecular complexity index is 810. The zero-order valence-corrected chi connectivity index (χ0v) is 23.8. The van der Waals surface area contributed by atoms with Crippen LogP contribution in [0.2, 0.25) is 0 Å². The predicted octanol–water partition coefficient (Wildman–Crippen LogP) is 8.06. The lowest BCUT2D eigenvalue weighted by Gasteiger charge is -2.64. The van der Waals surface area contributed by atoms with E-state index in [1.165, 1.54) is 51.4 Å². The molecule has 3 nitrogen and oxygen atoms in total. The maximum absolute atomic E-state index is 11.6. The van der Waals surface area contributed by atoms with E-state index in [1.54, 1.807) is 5.57 Å². The van der Waals surface area contributed by atoms with E-state index in [0.29, 0.717) is 18.6 Å². The molecule has 3 heteroatoms. The Balaban J connectivity index is 1.43. The molecule has 0 aromatic carbocycles. The first kappa shape index (κ1) is 26.2. The first-order valence-corrected chi connectivity index (χ1v) is 15.3. The molecule has 1 spiro atoms. The number of hydrogen-bond acceptors (Lipinski definition) is 3. The van der Waals surface area contributed by atoms with Crippen LogP contribution in [0, 0.1) is 39.9 Å². The summed E-state index contributed by atoms with van der Waals surface area (Å²) in [7, 11) is 0. The molecule has 1 unspecified atom stereocenters. The molecule has 3 fully saturated rings. The van der Waals surface area contributed by atoms with Gasteiger partial charge >= 0.3 is 0 Å². The summed E-state index contributed by atoms with van der Waals surface area (Å²) >= 11 is 0. The monoisotopic (exact) mass is 486 g/mol. The third-order valence-electron chi connectivity index (χ3n) is 12.3. The Morgan fingerprint density at radius 3 is 2.37 bits per heavy atom. The van der Waals surface area contributed by atoms with E-state index in [9.17, 15) is 5.11 Å². The van der Waals surface area contributed by atoms with Crippen LogP contribution in [0.3, 0.4) is 0 Å². The third-order valence-corrected chi connectivity index (χ3v) is 12.3. The van der Waals surface area contributed by atoms with Gasteiger partial charge in [0, 0.05) is 18.3 Å². The molecule has 1 saturated heterocycles. The maximum atomic E-state index is 11.6. The van der Waals surface area contributed by atoms with Gasteiger partial charge in [-0.3, -0.25) is 0 Å². The van der Waals surface area contributed by atoms with E-state index in [-0.39, 0.29) is 16.9 Å². The Hall–Kier alpha value is -0.380. The number of aliphatic hydroxyl groups excluding tert-OH is 1. The first-order valence-electron chi connectivity index (χ1n) is 15.3. The summed E-state index contributed by atoms with van der Waals surface area (Å²) in [6.07, 6.45) is 15.4. The SMILES string of the molecule is CCC(O)[C@]12CCC3=C(CC[C@]4(C)[C@@H]([C@H](C)CCCC(C)C)CC[C@@H]34)[C@@]1(C)CCC1(C2)OCCO1. The Morgan fingerprint density at radius 1 is 0.943 bits per heavy atom. The fourth-order valence-electron chi connectivity index (χ4n) is 10.3. The van der Waals surface area contributed by atoms with E-state index < -0.39 is 5.79 Å². The van der Waals surface area contributed by atoms with Gasteiger partial charge in [0.2, 0.25) is 0 Å². The average molecular weight is 487 g/mol. The van der Waals surface area contributed by atoms with Gasteiger partial charge in [-0.2, -0.15) is 0 Å². The molecule has 0 amide bonds. The smallest absolute Gasteiger partial charge is 0.169 e. The summed E-state index contributed by atoms with van der Waals surface area (Å²) in [4.78, 5) is 0. The fourth-order valence-corrected chi connectivity index (χ4v) is 10.3. The summed E-state index contributed by atoms with van der Waals surface area (Å²) in [5.74, 6) is 2.88. The molecule has 35 heavy (non-hydrogen) atoms. The number of allylic oxidation sites excluding steroid dienone is 2. The molecule has 0 radical (unpaired) electrons. The van der Waals surface area contributed by atoms with Crippen LogP contribution in [0.15, 0.2) is 11.1 Å². The van der Waals surface area contributed by atoms with E-state index in [0.717, 1.165) is 55.8 Å². The molecule has 200 valence electrons. The minimum Gasteiger partial charge on any atom is -0.393 e. The number of aliphatic hydroxyl groups is 1. The predicted molar refractivity (Wildman–Crippen MR) is 143 cm³/mol. The number of fused-ring (bicyclic) bond motifs is 4. The van der Waals surface area contributed by atoms with Crippen molar-refractivity contribution >= 4 is 0 Å². The number of ether oxygens (including phenoxy) is 2. The highest BCUT2D eigenvalue weighted by Gasteiger charge is 2.65. The second-order valence-corrected chi connectivity index (χ2v) is 14.2. The molecule has 1 aliphatic heterocycles. The molecule has 5 rings (SSSR count). The van der Waals surface area contributed by atoms with Gasteiger partial charge in [-0.15, -0.1) is 0 Å². The van der Waals surface area contributed by atoms with Crippen molar-refractivity contribution < 1.29 is 14.6 Å². The zero-order valence-electron chi connectivity index (χ0n) is 23.8. The van der Waals surface area contributed by atoms with Crippen LogP contribution in [0.1, 0.15) is 125 Å². The van der Waals surface area contributed by atoms with Gasteiger partial charge in [0.05, 0.1) is 19.3 Å². The van der Waals surface area contributed by atoms with Crippen LogP contribution in [-0.2, 0) is 9.47 Å². The molecule has 5 aliphatic rings. The van der Waals surface area contributed by atoms with Gasteiger partial charge in [0.15, 0.2) is 5.79 Å². The lowest BCUT2D eigenvalue weighted by molar-refractivity contribution is -0.248. The first-order chi connectivity index (χ1) is 16.6. The quantitative estimate of drug-likeness (QED) is 0.370. The molecular formula is C32H54O3. The molecule has 0 aromatic rings. The lowest BCUT2D eigenvalue weighted by Crippen LogP contribution is -2.60. The summed E-state index contributed by atoms with van der Waals surface area (Å²) in [5.41, 5.74) is 4.04. The number of rotatable bonds is 7.